The van der Waals surface area contributed by atoms with Gasteiger partial charge in [-0.05, 0) is 30.0 Å². The van der Waals surface area contributed by atoms with E-state index >= 15 is 0 Å². The van der Waals surface area contributed by atoms with Crippen molar-refractivity contribution in [2.24, 2.45) is 5.73 Å². The molecule has 17 heavy (non-hydrogen) atoms. The maximum Gasteiger partial charge on any atom is 0.346 e. The molecule has 4 nitrogen and oxygen atoms in total. The average Bonchev–Trinajstić information content (AvgIpc) is 2.25. The highest BCUT2D eigenvalue weighted by Crippen LogP contribution is 2.28. The Morgan fingerprint density at radius 1 is 1.47 bits per heavy atom. The van der Waals surface area contributed by atoms with E-state index in [4.69, 9.17) is 15.6 Å². The Morgan fingerprint density at radius 2 is 2.12 bits per heavy atom. The zero-order chi connectivity index (χ0) is 13.0. The summed E-state index contributed by atoms with van der Waals surface area (Å²) >= 11 is 0. The zero-order valence-corrected chi connectivity index (χ0v) is 10.4. The van der Waals surface area contributed by atoms with Crippen LogP contribution in [0.3, 0.4) is 0 Å². The minimum absolute atomic E-state index is 0.0409. The predicted molar refractivity (Wildman–Crippen MR) is 66.4 cm³/mol. The molecule has 0 amide bonds. The van der Waals surface area contributed by atoms with Crippen LogP contribution >= 0.6 is 0 Å². The van der Waals surface area contributed by atoms with E-state index in [0.29, 0.717) is 5.75 Å². The summed E-state index contributed by atoms with van der Waals surface area (Å²) in [5.41, 5.74) is 7.41. The van der Waals surface area contributed by atoms with Crippen molar-refractivity contribution in [1.29, 1.82) is 0 Å². The van der Waals surface area contributed by atoms with Gasteiger partial charge < -0.3 is 15.6 Å². The number of benzene rings is 1. The number of rotatable bonds is 5. The molecule has 1 unspecified atom stereocenters. The van der Waals surface area contributed by atoms with Gasteiger partial charge in [-0.1, -0.05) is 26.0 Å². The number of carbonyl (C=O) groups is 1. The van der Waals surface area contributed by atoms with E-state index in [-0.39, 0.29) is 12.5 Å². The first-order valence-electron chi connectivity index (χ1n) is 5.65. The lowest BCUT2D eigenvalue weighted by molar-refractivity contribution is -0.144. The summed E-state index contributed by atoms with van der Waals surface area (Å²) < 4.78 is 5.47. The molecule has 0 saturated heterocycles. The molecule has 0 aliphatic heterocycles. The van der Waals surface area contributed by atoms with Crippen molar-refractivity contribution in [3.63, 3.8) is 0 Å². The molecule has 0 radical (unpaired) electrons. The summed E-state index contributed by atoms with van der Waals surface area (Å²) in [6.07, 6.45) is -0.991. The molecule has 0 bridgehead atoms. The smallest absolute Gasteiger partial charge is 0.346 e. The Labute approximate surface area is 101 Å². The Morgan fingerprint density at radius 3 is 2.59 bits per heavy atom. The molecule has 0 spiro atoms. The highest BCUT2D eigenvalue weighted by Gasteiger charge is 2.19. The normalized spacial score (nSPS) is 12.5. The minimum atomic E-state index is -1.04. The number of carboxylic acid groups (broad SMARTS) is 1. The van der Waals surface area contributed by atoms with Crippen molar-refractivity contribution >= 4 is 5.97 Å². The quantitative estimate of drug-likeness (QED) is 0.820. The van der Waals surface area contributed by atoms with Gasteiger partial charge in [0.2, 0.25) is 6.10 Å². The van der Waals surface area contributed by atoms with E-state index in [9.17, 15) is 4.79 Å². The Balaban J connectivity index is 3.02. The highest BCUT2D eigenvalue weighted by molar-refractivity contribution is 5.73. The van der Waals surface area contributed by atoms with Gasteiger partial charge in [-0.15, -0.1) is 0 Å². The molecule has 1 rings (SSSR count). The molecule has 0 aliphatic carbocycles. The first kappa shape index (κ1) is 13.5. The van der Waals surface area contributed by atoms with Crippen LogP contribution in [0.15, 0.2) is 18.2 Å². The fourth-order valence-electron chi connectivity index (χ4n) is 1.57. The summed E-state index contributed by atoms with van der Waals surface area (Å²) in [5, 5.41) is 8.93. The molecule has 1 aromatic rings. The van der Waals surface area contributed by atoms with Crippen LogP contribution in [0.1, 0.15) is 30.9 Å². The molecule has 94 valence electrons. The van der Waals surface area contributed by atoms with Gasteiger partial charge in [0, 0.05) is 6.54 Å². The fraction of sp³-hybridized carbons (Fsp3) is 0.462. The third kappa shape index (κ3) is 3.46. The molecular weight excluding hydrogens is 218 g/mol. The van der Waals surface area contributed by atoms with Crippen LogP contribution in [0.25, 0.3) is 0 Å². The van der Waals surface area contributed by atoms with Crippen LogP contribution in [0.2, 0.25) is 0 Å². The van der Waals surface area contributed by atoms with Gasteiger partial charge in [0.1, 0.15) is 5.75 Å². The summed E-state index contributed by atoms with van der Waals surface area (Å²) in [6, 6.07) is 5.80. The van der Waals surface area contributed by atoms with Gasteiger partial charge in [0.05, 0.1) is 0 Å². The van der Waals surface area contributed by atoms with Crippen LogP contribution in [-0.4, -0.2) is 23.7 Å². The van der Waals surface area contributed by atoms with Crippen LogP contribution < -0.4 is 10.5 Å². The van der Waals surface area contributed by atoms with Crippen LogP contribution in [-0.2, 0) is 4.79 Å². The Bertz CT molecular complexity index is 402. The summed E-state index contributed by atoms with van der Waals surface area (Å²) in [7, 11) is 0. The molecule has 1 aromatic carbocycles. The molecule has 4 heteroatoms. The van der Waals surface area contributed by atoms with E-state index in [2.05, 4.69) is 0 Å². The number of carboxylic acids is 1. The number of ether oxygens (including phenoxy) is 1. The lowest BCUT2D eigenvalue weighted by Gasteiger charge is -2.18. The summed E-state index contributed by atoms with van der Waals surface area (Å²) in [5.74, 6) is -0.153. The van der Waals surface area contributed by atoms with Crippen LogP contribution in [0.5, 0.6) is 5.75 Å². The van der Waals surface area contributed by atoms with Crippen molar-refractivity contribution in [1.82, 2.24) is 0 Å². The third-order valence-corrected chi connectivity index (χ3v) is 2.55. The van der Waals surface area contributed by atoms with Crippen LogP contribution in [0, 0.1) is 6.92 Å². The number of aliphatic carboxylic acids is 1. The highest BCUT2D eigenvalue weighted by atomic mass is 16.5. The number of hydrogen-bond acceptors (Lipinski definition) is 3. The Hall–Kier alpha value is -1.55. The molecule has 0 aromatic heterocycles. The van der Waals surface area contributed by atoms with Gasteiger partial charge >= 0.3 is 5.97 Å². The van der Waals surface area contributed by atoms with Gasteiger partial charge in [0.25, 0.3) is 0 Å². The lowest BCUT2D eigenvalue weighted by atomic mass is 10.0. The van der Waals surface area contributed by atoms with Crippen LogP contribution in [0.4, 0.5) is 0 Å². The molecule has 0 heterocycles. The molecule has 0 aliphatic rings. The number of aryl methyl sites for hydroxylation is 1. The number of nitrogens with two attached hydrogens (primary N) is 1. The lowest BCUT2D eigenvalue weighted by Crippen LogP contribution is -2.35. The standard InChI is InChI=1S/C13H19NO3/c1-8(2)10-5-4-9(3)6-11(10)17-12(7-14)13(15)16/h4-6,8,12H,7,14H2,1-3H3,(H,15,16). The van der Waals surface area contributed by atoms with Gasteiger partial charge in [0.15, 0.2) is 0 Å². The van der Waals surface area contributed by atoms with E-state index < -0.39 is 12.1 Å². The maximum atomic E-state index is 10.9. The summed E-state index contributed by atoms with van der Waals surface area (Å²) in [6.45, 7) is 5.97. The SMILES string of the molecule is Cc1ccc(C(C)C)c(OC(CN)C(=O)O)c1. The third-order valence-electron chi connectivity index (χ3n) is 2.55. The van der Waals surface area contributed by atoms with Crippen molar-refractivity contribution < 1.29 is 14.6 Å². The minimum Gasteiger partial charge on any atom is -0.478 e. The first-order chi connectivity index (χ1) is 7.95. The van der Waals surface area contributed by atoms with Crippen molar-refractivity contribution in [3.05, 3.63) is 29.3 Å². The molecule has 0 fully saturated rings. The zero-order valence-electron chi connectivity index (χ0n) is 10.4. The topological polar surface area (TPSA) is 72.5 Å². The first-order valence-corrected chi connectivity index (χ1v) is 5.65. The van der Waals surface area contributed by atoms with E-state index in [1.54, 1.807) is 0 Å². The monoisotopic (exact) mass is 237 g/mol. The average molecular weight is 237 g/mol. The van der Waals surface area contributed by atoms with E-state index in [1.807, 2.05) is 39.0 Å². The molecule has 0 saturated carbocycles. The van der Waals surface area contributed by atoms with E-state index in [1.165, 1.54) is 0 Å². The fourth-order valence-corrected chi connectivity index (χ4v) is 1.57. The molecular formula is C13H19NO3. The molecule has 1 atom stereocenters. The van der Waals surface area contributed by atoms with E-state index in [0.717, 1.165) is 11.1 Å². The number of hydrogen-bond donors (Lipinski definition) is 2. The van der Waals surface area contributed by atoms with Gasteiger partial charge in [-0.3, -0.25) is 0 Å². The largest absolute Gasteiger partial charge is 0.478 e. The van der Waals surface area contributed by atoms with Gasteiger partial charge in [-0.2, -0.15) is 0 Å². The van der Waals surface area contributed by atoms with Crippen molar-refractivity contribution in [3.8, 4) is 5.75 Å². The maximum absolute atomic E-state index is 10.9. The second-order valence-electron chi connectivity index (χ2n) is 4.38. The Kier molecular flexibility index (Phi) is 4.52. The predicted octanol–water partition coefficient (Wildman–Crippen LogP) is 1.91. The summed E-state index contributed by atoms with van der Waals surface area (Å²) in [4.78, 5) is 10.9. The van der Waals surface area contributed by atoms with Crippen molar-refractivity contribution in [2.75, 3.05) is 6.54 Å². The molecule has 3 N–H and O–H groups in total. The second-order valence-corrected chi connectivity index (χ2v) is 4.38. The van der Waals surface area contributed by atoms with Crippen molar-refractivity contribution in [2.45, 2.75) is 32.8 Å². The second kappa shape index (κ2) is 5.68. The van der Waals surface area contributed by atoms with Gasteiger partial charge in [-0.25, -0.2) is 4.79 Å².